The first-order valence-corrected chi connectivity index (χ1v) is 11.8. The van der Waals surface area contributed by atoms with Crippen LogP contribution in [0.3, 0.4) is 0 Å². The van der Waals surface area contributed by atoms with Crippen molar-refractivity contribution < 1.29 is 9.63 Å². The van der Waals surface area contributed by atoms with Crippen molar-refractivity contribution in [2.75, 3.05) is 32.7 Å². The molecule has 0 saturated carbocycles. The summed E-state index contributed by atoms with van der Waals surface area (Å²) in [5.41, 5.74) is 4.00. The number of likely N-dealkylation sites (tertiary alicyclic amines) is 1. The van der Waals surface area contributed by atoms with Crippen LogP contribution in [0.25, 0.3) is 0 Å². The van der Waals surface area contributed by atoms with Crippen molar-refractivity contribution in [3.8, 4) is 0 Å². The maximum absolute atomic E-state index is 12.1. The molecule has 31 heavy (non-hydrogen) atoms. The average Bonchev–Trinajstić information content (AvgIpc) is 3.30. The molecule has 5 heteroatoms. The fourth-order valence-corrected chi connectivity index (χ4v) is 4.62. The van der Waals surface area contributed by atoms with Crippen LogP contribution in [0, 0.1) is 5.92 Å². The fraction of sp³-hybridized carbons (Fsp3) is 0.500. The van der Waals surface area contributed by atoms with Gasteiger partial charge in [0.05, 0.1) is 0 Å². The maximum atomic E-state index is 12.1. The number of rotatable bonds is 8. The second-order valence-electron chi connectivity index (χ2n) is 8.92. The summed E-state index contributed by atoms with van der Waals surface area (Å²) >= 11 is 0. The topological polar surface area (TPSA) is 44.8 Å². The van der Waals surface area contributed by atoms with Crippen LogP contribution in [0.4, 0.5) is 4.79 Å². The van der Waals surface area contributed by atoms with E-state index < -0.39 is 0 Å². The third-order valence-electron chi connectivity index (χ3n) is 6.46. The molecule has 4 rings (SSSR count). The summed E-state index contributed by atoms with van der Waals surface area (Å²) in [5, 5.41) is 4.70. The molecule has 5 nitrogen and oxygen atoms in total. The highest BCUT2D eigenvalue weighted by Crippen LogP contribution is 2.21. The quantitative estimate of drug-likeness (QED) is 0.685. The minimum atomic E-state index is -0.341. The van der Waals surface area contributed by atoms with E-state index in [1.54, 1.807) is 0 Å². The molecular weight excluding hydrogens is 386 g/mol. The normalized spacial score (nSPS) is 18.2. The van der Waals surface area contributed by atoms with Crippen LogP contribution in [0.1, 0.15) is 42.4 Å². The first kappa shape index (κ1) is 21.8. The van der Waals surface area contributed by atoms with Gasteiger partial charge in [0.2, 0.25) is 0 Å². The molecule has 0 atom stereocenters. The van der Waals surface area contributed by atoms with Crippen LogP contribution >= 0.6 is 0 Å². The van der Waals surface area contributed by atoms with Crippen molar-refractivity contribution >= 4 is 6.09 Å². The molecule has 2 aromatic carbocycles. The van der Waals surface area contributed by atoms with E-state index in [1.807, 2.05) is 5.06 Å². The molecule has 2 saturated heterocycles. The molecule has 2 aromatic rings. The first-order chi connectivity index (χ1) is 15.2. The second-order valence-corrected chi connectivity index (χ2v) is 8.92. The summed E-state index contributed by atoms with van der Waals surface area (Å²) < 4.78 is 0. The number of benzene rings is 2. The largest absolute Gasteiger partial charge is 0.426 e. The minimum Gasteiger partial charge on any atom is -0.351 e. The van der Waals surface area contributed by atoms with Crippen molar-refractivity contribution in [1.29, 1.82) is 0 Å². The van der Waals surface area contributed by atoms with Gasteiger partial charge in [-0.2, -0.15) is 0 Å². The lowest BCUT2D eigenvalue weighted by Gasteiger charge is -2.30. The highest BCUT2D eigenvalue weighted by atomic mass is 16.7. The van der Waals surface area contributed by atoms with E-state index >= 15 is 0 Å². The van der Waals surface area contributed by atoms with E-state index in [9.17, 15) is 4.79 Å². The molecular formula is C26H35N3O2. The van der Waals surface area contributed by atoms with Gasteiger partial charge < -0.3 is 10.2 Å². The van der Waals surface area contributed by atoms with E-state index in [0.717, 1.165) is 45.3 Å². The van der Waals surface area contributed by atoms with Crippen molar-refractivity contribution in [2.24, 2.45) is 5.92 Å². The lowest BCUT2D eigenvalue weighted by molar-refractivity contribution is -0.118. The number of amides is 1. The van der Waals surface area contributed by atoms with Crippen LogP contribution in [0.15, 0.2) is 54.6 Å². The van der Waals surface area contributed by atoms with Gasteiger partial charge in [-0.05, 0) is 74.2 Å². The fourth-order valence-electron chi connectivity index (χ4n) is 4.62. The standard InChI is InChI=1S/C26H35N3O2/c30-26(31-29-18-13-24(14-19-29)20-23-6-2-1-3-7-23)27-15-12-22-8-10-25(11-9-22)21-28-16-4-5-17-28/h1-3,6-11,24H,4-5,12-21H2,(H,27,30). The molecule has 0 radical (unpaired) electrons. The molecule has 2 aliphatic rings. The van der Waals surface area contributed by atoms with Gasteiger partial charge in [0.15, 0.2) is 0 Å². The molecule has 2 aliphatic heterocycles. The monoisotopic (exact) mass is 421 g/mol. The van der Waals surface area contributed by atoms with Gasteiger partial charge in [-0.15, -0.1) is 5.06 Å². The lowest BCUT2D eigenvalue weighted by atomic mass is 9.91. The summed E-state index contributed by atoms with van der Waals surface area (Å²) in [5.74, 6) is 0.666. The van der Waals surface area contributed by atoms with E-state index in [4.69, 9.17) is 4.84 Å². The van der Waals surface area contributed by atoms with Crippen molar-refractivity contribution in [3.05, 3.63) is 71.3 Å². The summed E-state index contributed by atoms with van der Waals surface area (Å²) in [6, 6.07) is 19.4. The van der Waals surface area contributed by atoms with E-state index in [0.29, 0.717) is 12.5 Å². The molecule has 0 unspecified atom stereocenters. The minimum absolute atomic E-state index is 0.341. The van der Waals surface area contributed by atoms with Crippen LogP contribution in [0.5, 0.6) is 0 Å². The number of piperidine rings is 1. The molecule has 1 amide bonds. The number of hydrogen-bond donors (Lipinski definition) is 1. The predicted molar refractivity (Wildman–Crippen MR) is 124 cm³/mol. The Labute approximate surface area is 186 Å². The summed E-state index contributed by atoms with van der Waals surface area (Å²) in [4.78, 5) is 20.2. The Morgan fingerprint density at radius 2 is 1.55 bits per heavy atom. The lowest BCUT2D eigenvalue weighted by Crippen LogP contribution is -2.39. The van der Waals surface area contributed by atoms with Crippen LogP contribution in [-0.2, 0) is 24.2 Å². The smallest absolute Gasteiger partial charge is 0.351 e. The van der Waals surface area contributed by atoms with Crippen LogP contribution in [-0.4, -0.2) is 48.8 Å². The molecule has 1 N–H and O–H groups in total. The zero-order chi connectivity index (χ0) is 21.3. The highest BCUT2D eigenvalue weighted by Gasteiger charge is 2.22. The zero-order valence-electron chi connectivity index (χ0n) is 18.5. The zero-order valence-corrected chi connectivity index (χ0v) is 18.5. The number of hydroxylamine groups is 2. The number of nitrogens with one attached hydrogen (secondary N) is 1. The Bertz CT molecular complexity index is 795. The van der Waals surface area contributed by atoms with Gasteiger partial charge in [0.25, 0.3) is 0 Å². The third kappa shape index (κ3) is 7.08. The Kier molecular flexibility index (Phi) is 7.97. The first-order valence-electron chi connectivity index (χ1n) is 11.8. The predicted octanol–water partition coefficient (Wildman–Crippen LogP) is 4.42. The summed E-state index contributed by atoms with van der Waals surface area (Å²) in [6.07, 6.45) is 6.36. The van der Waals surface area contributed by atoms with Gasteiger partial charge >= 0.3 is 6.09 Å². The SMILES string of the molecule is O=C(NCCc1ccc(CN2CCCC2)cc1)ON1CCC(Cc2ccccc2)CC1. The number of carbonyl (C=O) groups is 1. The van der Waals surface area contributed by atoms with Gasteiger partial charge in [0, 0.05) is 26.2 Å². The van der Waals surface area contributed by atoms with Gasteiger partial charge in [-0.1, -0.05) is 54.6 Å². The van der Waals surface area contributed by atoms with Crippen molar-refractivity contribution in [3.63, 3.8) is 0 Å². The second kappa shape index (κ2) is 11.3. The van der Waals surface area contributed by atoms with E-state index in [2.05, 4.69) is 64.8 Å². The Morgan fingerprint density at radius 3 is 2.26 bits per heavy atom. The average molecular weight is 422 g/mol. The highest BCUT2D eigenvalue weighted by molar-refractivity contribution is 5.66. The Morgan fingerprint density at radius 1 is 0.871 bits per heavy atom. The molecule has 0 aromatic heterocycles. The van der Waals surface area contributed by atoms with Gasteiger partial charge in [0.1, 0.15) is 0 Å². The molecule has 0 bridgehead atoms. The Balaban J connectivity index is 1.10. The number of hydrogen-bond acceptors (Lipinski definition) is 4. The number of nitrogens with zero attached hydrogens (tertiary/aromatic N) is 2. The molecule has 2 fully saturated rings. The van der Waals surface area contributed by atoms with Crippen LogP contribution < -0.4 is 5.32 Å². The molecule has 2 heterocycles. The summed E-state index contributed by atoms with van der Waals surface area (Å²) in [6.45, 7) is 5.70. The van der Waals surface area contributed by atoms with Crippen LogP contribution in [0.2, 0.25) is 0 Å². The van der Waals surface area contributed by atoms with Gasteiger partial charge in [-0.25, -0.2) is 4.79 Å². The van der Waals surface area contributed by atoms with Gasteiger partial charge in [-0.3, -0.25) is 4.90 Å². The number of carbonyl (C=O) groups excluding carboxylic acids is 1. The third-order valence-corrected chi connectivity index (χ3v) is 6.46. The van der Waals surface area contributed by atoms with E-state index in [1.165, 1.54) is 42.6 Å². The van der Waals surface area contributed by atoms with Crippen molar-refractivity contribution in [2.45, 2.75) is 45.1 Å². The Hall–Kier alpha value is -2.37. The summed E-state index contributed by atoms with van der Waals surface area (Å²) in [7, 11) is 0. The van der Waals surface area contributed by atoms with E-state index in [-0.39, 0.29) is 6.09 Å². The maximum Gasteiger partial charge on any atom is 0.426 e. The molecule has 0 spiro atoms. The van der Waals surface area contributed by atoms with Crippen molar-refractivity contribution in [1.82, 2.24) is 15.3 Å². The molecule has 166 valence electrons. The molecule has 0 aliphatic carbocycles.